The van der Waals surface area contributed by atoms with Gasteiger partial charge in [-0.15, -0.1) is 0 Å². The van der Waals surface area contributed by atoms with Crippen LogP contribution in [0.4, 0.5) is 0 Å². The number of carbonyl (C=O) groups excluding carboxylic acids is 1. The van der Waals surface area contributed by atoms with E-state index in [1.807, 2.05) is 32.9 Å². The number of aryl methyl sites for hydroxylation is 3. The Labute approximate surface area is 166 Å². The SMILES string of the molecule is Cc1cc(C)c(C(=O)COc2ccc(S(=O)(=O)N3CCOCC3)cc2)c(C)c1. The van der Waals surface area contributed by atoms with Crippen molar-refractivity contribution < 1.29 is 22.7 Å². The fraction of sp³-hybridized carbons (Fsp3) is 0.381. The zero-order valence-corrected chi connectivity index (χ0v) is 17.2. The highest BCUT2D eigenvalue weighted by atomic mass is 32.2. The number of morpholine rings is 1. The number of ether oxygens (including phenoxy) is 2. The van der Waals surface area contributed by atoms with Gasteiger partial charge in [-0.05, 0) is 56.2 Å². The molecule has 0 atom stereocenters. The van der Waals surface area contributed by atoms with E-state index < -0.39 is 10.0 Å². The Bertz CT molecular complexity index is 938. The molecule has 0 radical (unpaired) electrons. The van der Waals surface area contributed by atoms with Gasteiger partial charge in [0.2, 0.25) is 15.8 Å². The molecule has 28 heavy (non-hydrogen) atoms. The second kappa shape index (κ2) is 8.43. The van der Waals surface area contributed by atoms with E-state index >= 15 is 0 Å². The van der Waals surface area contributed by atoms with Crippen molar-refractivity contribution in [3.05, 3.63) is 58.7 Å². The molecule has 0 aliphatic carbocycles. The maximum Gasteiger partial charge on any atom is 0.243 e. The van der Waals surface area contributed by atoms with Crippen molar-refractivity contribution in [2.75, 3.05) is 32.9 Å². The highest BCUT2D eigenvalue weighted by molar-refractivity contribution is 7.89. The van der Waals surface area contributed by atoms with E-state index in [0.29, 0.717) is 37.6 Å². The van der Waals surface area contributed by atoms with Crippen LogP contribution in [0.5, 0.6) is 5.75 Å². The fourth-order valence-electron chi connectivity index (χ4n) is 3.48. The summed E-state index contributed by atoms with van der Waals surface area (Å²) < 4.78 is 37.5. The number of Topliss-reactive ketones (excluding diaryl/α,β-unsaturated/α-hetero) is 1. The molecule has 1 fully saturated rings. The smallest absolute Gasteiger partial charge is 0.243 e. The third kappa shape index (κ3) is 4.43. The van der Waals surface area contributed by atoms with Crippen LogP contribution in [-0.4, -0.2) is 51.4 Å². The maximum atomic E-state index is 12.6. The van der Waals surface area contributed by atoms with E-state index in [1.54, 1.807) is 12.1 Å². The third-order valence-electron chi connectivity index (χ3n) is 4.76. The highest BCUT2D eigenvalue weighted by Crippen LogP contribution is 2.21. The highest BCUT2D eigenvalue weighted by Gasteiger charge is 2.26. The number of hydrogen-bond donors (Lipinski definition) is 0. The molecule has 6 nitrogen and oxygen atoms in total. The second-order valence-electron chi connectivity index (χ2n) is 6.97. The molecule has 2 aromatic carbocycles. The Morgan fingerprint density at radius 2 is 1.61 bits per heavy atom. The van der Waals surface area contributed by atoms with E-state index in [9.17, 15) is 13.2 Å². The lowest BCUT2D eigenvalue weighted by molar-refractivity contribution is 0.0730. The minimum absolute atomic E-state index is 0.0969. The number of ketones is 1. The first-order valence-electron chi connectivity index (χ1n) is 9.21. The largest absolute Gasteiger partial charge is 0.485 e. The van der Waals surface area contributed by atoms with Crippen molar-refractivity contribution in [3.8, 4) is 5.75 Å². The Kier molecular flexibility index (Phi) is 6.17. The Morgan fingerprint density at radius 1 is 1.04 bits per heavy atom. The van der Waals surface area contributed by atoms with E-state index in [4.69, 9.17) is 9.47 Å². The lowest BCUT2D eigenvalue weighted by atomic mass is 9.97. The molecule has 0 amide bonds. The van der Waals surface area contributed by atoms with Crippen LogP contribution in [-0.2, 0) is 14.8 Å². The summed E-state index contributed by atoms with van der Waals surface area (Å²) in [4.78, 5) is 12.8. The van der Waals surface area contributed by atoms with Crippen LogP contribution in [0.25, 0.3) is 0 Å². The summed E-state index contributed by atoms with van der Waals surface area (Å²) in [5.74, 6) is 0.358. The average Bonchev–Trinajstić information content (AvgIpc) is 2.66. The summed E-state index contributed by atoms with van der Waals surface area (Å²) in [7, 11) is -3.54. The topological polar surface area (TPSA) is 72.9 Å². The standard InChI is InChI=1S/C21H25NO5S/c1-15-12-16(2)21(17(3)13-15)20(23)14-27-18-4-6-19(7-5-18)28(24,25)22-8-10-26-11-9-22/h4-7,12-13H,8-11,14H2,1-3H3. The summed E-state index contributed by atoms with van der Waals surface area (Å²) in [6.45, 7) is 7.24. The van der Waals surface area contributed by atoms with Gasteiger partial charge in [-0.3, -0.25) is 4.79 Å². The second-order valence-corrected chi connectivity index (χ2v) is 8.91. The first-order chi connectivity index (χ1) is 13.3. The van der Waals surface area contributed by atoms with Crippen LogP contribution < -0.4 is 4.74 Å². The van der Waals surface area contributed by atoms with Gasteiger partial charge in [-0.2, -0.15) is 4.31 Å². The van der Waals surface area contributed by atoms with E-state index in [2.05, 4.69) is 0 Å². The lowest BCUT2D eigenvalue weighted by Crippen LogP contribution is -2.40. The summed E-state index contributed by atoms with van der Waals surface area (Å²) in [5.41, 5.74) is 3.65. The van der Waals surface area contributed by atoms with Gasteiger partial charge in [-0.1, -0.05) is 17.7 Å². The minimum atomic E-state index is -3.54. The van der Waals surface area contributed by atoms with Crippen molar-refractivity contribution in [3.63, 3.8) is 0 Å². The molecule has 7 heteroatoms. The maximum absolute atomic E-state index is 12.6. The molecule has 0 unspecified atom stereocenters. The number of rotatable bonds is 6. The molecular formula is C21H25NO5S. The molecular weight excluding hydrogens is 378 g/mol. The zero-order chi connectivity index (χ0) is 20.3. The summed E-state index contributed by atoms with van der Waals surface area (Å²) in [6, 6.07) is 10.1. The van der Waals surface area contributed by atoms with Crippen LogP contribution in [0.2, 0.25) is 0 Å². The molecule has 0 N–H and O–H groups in total. The van der Waals surface area contributed by atoms with Gasteiger partial charge < -0.3 is 9.47 Å². The number of carbonyl (C=O) groups is 1. The van der Waals surface area contributed by atoms with Crippen molar-refractivity contribution in [2.45, 2.75) is 25.7 Å². The van der Waals surface area contributed by atoms with Gasteiger partial charge in [-0.25, -0.2) is 8.42 Å². The van der Waals surface area contributed by atoms with Crippen molar-refractivity contribution >= 4 is 15.8 Å². The quantitative estimate of drug-likeness (QED) is 0.694. The van der Waals surface area contributed by atoms with Gasteiger partial charge in [0, 0.05) is 18.7 Å². The van der Waals surface area contributed by atoms with Gasteiger partial charge in [0.15, 0.2) is 6.61 Å². The van der Waals surface area contributed by atoms with Crippen LogP contribution in [0.15, 0.2) is 41.3 Å². The summed E-state index contributed by atoms with van der Waals surface area (Å²) in [6.07, 6.45) is 0. The first-order valence-corrected chi connectivity index (χ1v) is 10.6. The molecule has 150 valence electrons. The average molecular weight is 404 g/mol. The van der Waals surface area contributed by atoms with Gasteiger partial charge in [0.1, 0.15) is 5.75 Å². The molecule has 0 aromatic heterocycles. The molecule has 2 aromatic rings. The molecule has 0 bridgehead atoms. The first kappa shape index (κ1) is 20.5. The number of sulfonamides is 1. The van der Waals surface area contributed by atoms with Crippen LogP contribution in [0, 0.1) is 20.8 Å². The molecule has 1 aliphatic rings. The molecule has 1 saturated heterocycles. The van der Waals surface area contributed by atoms with E-state index in [-0.39, 0.29) is 17.3 Å². The lowest BCUT2D eigenvalue weighted by Gasteiger charge is -2.26. The van der Waals surface area contributed by atoms with Crippen LogP contribution >= 0.6 is 0 Å². The van der Waals surface area contributed by atoms with Crippen molar-refractivity contribution in [2.24, 2.45) is 0 Å². The predicted octanol–water partition coefficient (Wildman–Crippen LogP) is 2.89. The van der Waals surface area contributed by atoms with Gasteiger partial charge in [0.25, 0.3) is 0 Å². The van der Waals surface area contributed by atoms with Gasteiger partial charge >= 0.3 is 0 Å². The normalized spacial score (nSPS) is 15.4. The number of nitrogens with zero attached hydrogens (tertiary/aromatic N) is 1. The van der Waals surface area contributed by atoms with E-state index in [0.717, 1.165) is 16.7 Å². The van der Waals surface area contributed by atoms with E-state index in [1.165, 1.54) is 16.4 Å². The third-order valence-corrected chi connectivity index (χ3v) is 6.67. The molecule has 0 spiro atoms. The Balaban J connectivity index is 1.67. The van der Waals surface area contributed by atoms with Crippen molar-refractivity contribution in [1.82, 2.24) is 4.31 Å². The Morgan fingerprint density at radius 3 is 2.18 bits per heavy atom. The monoisotopic (exact) mass is 403 g/mol. The van der Waals surface area contributed by atoms with Crippen molar-refractivity contribution in [1.29, 1.82) is 0 Å². The minimum Gasteiger partial charge on any atom is -0.485 e. The van der Waals surface area contributed by atoms with Gasteiger partial charge in [0.05, 0.1) is 18.1 Å². The molecule has 1 heterocycles. The van der Waals surface area contributed by atoms with Crippen LogP contribution in [0.1, 0.15) is 27.0 Å². The molecule has 0 saturated carbocycles. The number of hydrogen-bond acceptors (Lipinski definition) is 5. The Hall–Kier alpha value is -2.22. The summed E-state index contributed by atoms with van der Waals surface area (Å²) >= 11 is 0. The molecule has 3 rings (SSSR count). The predicted molar refractivity (Wildman–Crippen MR) is 106 cm³/mol. The molecule has 1 aliphatic heterocycles. The zero-order valence-electron chi connectivity index (χ0n) is 16.4. The number of benzene rings is 2. The fourth-order valence-corrected chi connectivity index (χ4v) is 4.89. The van der Waals surface area contributed by atoms with Crippen LogP contribution in [0.3, 0.4) is 0 Å². The summed E-state index contributed by atoms with van der Waals surface area (Å²) in [5, 5.41) is 0.